The van der Waals surface area contributed by atoms with Crippen molar-refractivity contribution in [2.24, 2.45) is 0 Å². The van der Waals surface area contributed by atoms with E-state index >= 15 is 0 Å². The molecule has 0 bridgehead atoms. The molecule has 0 aliphatic heterocycles. The van der Waals surface area contributed by atoms with Gasteiger partial charge in [-0.2, -0.15) is 0 Å². The molecule has 2 aromatic carbocycles. The van der Waals surface area contributed by atoms with Gasteiger partial charge in [0.15, 0.2) is 0 Å². The van der Waals surface area contributed by atoms with Gasteiger partial charge in [0, 0.05) is 16.1 Å². The summed E-state index contributed by atoms with van der Waals surface area (Å²) in [7, 11) is 0. The normalized spacial score (nSPS) is 10.3. The minimum absolute atomic E-state index is 0.148. The van der Waals surface area contributed by atoms with Crippen molar-refractivity contribution >= 4 is 35.1 Å². The summed E-state index contributed by atoms with van der Waals surface area (Å²) >= 11 is 12.1. The van der Waals surface area contributed by atoms with Crippen LogP contribution in [0.2, 0.25) is 10.0 Å². The van der Waals surface area contributed by atoms with Gasteiger partial charge in [0.25, 0.3) is 0 Å². The van der Waals surface area contributed by atoms with Crippen molar-refractivity contribution in [3.8, 4) is 11.1 Å². The Morgan fingerprint density at radius 2 is 1.50 bits per heavy atom. The molecule has 2 rings (SSSR count). The molecule has 0 fully saturated rings. The molecular formula is C14H8Cl2O4. The van der Waals surface area contributed by atoms with Crippen LogP contribution in [0.15, 0.2) is 36.4 Å². The van der Waals surface area contributed by atoms with Crippen molar-refractivity contribution in [2.75, 3.05) is 0 Å². The molecule has 4 nitrogen and oxygen atoms in total. The third-order valence-electron chi connectivity index (χ3n) is 2.75. The van der Waals surface area contributed by atoms with Crippen LogP contribution in [0.4, 0.5) is 0 Å². The summed E-state index contributed by atoms with van der Waals surface area (Å²) in [5.41, 5.74) is 0.105. The van der Waals surface area contributed by atoms with Crippen molar-refractivity contribution in [1.82, 2.24) is 0 Å². The predicted octanol–water partition coefficient (Wildman–Crippen LogP) is 4.06. The number of hydrogen-bond donors (Lipinski definition) is 2. The molecule has 20 heavy (non-hydrogen) atoms. The van der Waals surface area contributed by atoms with Crippen molar-refractivity contribution in [2.45, 2.75) is 0 Å². The number of carbonyl (C=O) groups is 2. The number of rotatable bonds is 3. The van der Waals surface area contributed by atoms with E-state index in [9.17, 15) is 9.59 Å². The number of benzene rings is 2. The molecule has 0 unspecified atom stereocenters. The van der Waals surface area contributed by atoms with Crippen LogP contribution in [0.1, 0.15) is 20.7 Å². The Labute approximate surface area is 124 Å². The molecule has 6 heteroatoms. The first-order valence-electron chi connectivity index (χ1n) is 5.47. The zero-order valence-electron chi connectivity index (χ0n) is 9.93. The van der Waals surface area contributed by atoms with E-state index < -0.39 is 17.5 Å². The summed E-state index contributed by atoms with van der Waals surface area (Å²) in [5.74, 6) is -2.75. The molecule has 0 amide bonds. The van der Waals surface area contributed by atoms with E-state index in [0.717, 1.165) is 0 Å². The average molecular weight is 311 g/mol. The van der Waals surface area contributed by atoms with E-state index in [1.165, 1.54) is 12.1 Å². The van der Waals surface area contributed by atoms with Crippen LogP contribution in [0.3, 0.4) is 0 Å². The second kappa shape index (κ2) is 5.53. The monoisotopic (exact) mass is 310 g/mol. The Hall–Kier alpha value is -2.04. The highest BCUT2D eigenvalue weighted by molar-refractivity contribution is 6.38. The largest absolute Gasteiger partial charge is 0.478 e. The summed E-state index contributed by atoms with van der Waals surface area (Å²) in [6.07, 6.45) is 0. The Bertz CT molecular complexity index is 710. The molecule has 2 N–H and O–H groups in total. The highest BCUT2D eigenvalue weighted by Gasteiger charge is 2.23. The van der Waals surface area contributed by atoms with Crippen LogP contribution >= 0.6 is 23.2 Å². The quantitative estimate of drug-likeness (QED) is 0.896. The fourth-order valence-corrected chi connectivity index (χ4v) is 2.44. The van der Waals surface area contributed by atoms with E-state index in [-0.39, 0.29) is 10.6 Å². The zero-order valence-corrected chi connectivity index (χ0v) is 11.4. The lowest BCUT2D eigenvalue weighted by atomic mass is 9.98. The topological polar surface area (TPSA) is 74.6 Å². The number of hydrogen-bond acceptors (Lipinski definition) is 2. The smallest absolute Gasteiger partial charge is 0.338 e. The molecule has 0 saturated carbocycles. The molecule has 0 radical (unpaired) electrons. The van der Waals surface area contributed by atoms with Crippen LogP contribution in [0.25, 0.3) is 11.1 Å². The van der Waals surface area contributed by atoms with Crippen LogP contribution < -0.4 is 0 Å². The van der Waals surface area contributed by atoms with Gasteiger partial charge in [-0.1, -0.05) is 47.5 Å². The molecule has 0 saturated heterocycles. The van der Waals surface area contributed by atoms with Crippen LogP contribution in [-0.2, 0) is 0 Å². The fraction of sp³-hybridized carbons (Fsp3) is 0. The summed E-state index contributed by atoms with van der Waals surface area (Å²) in [4.78, 5) is 22.3. The number of carboxylic acid groups (broad SMARTS) is 2. The molecule has 0 atom stereocenters. The summed E-state index contributed by atoms with van der Waals surface area (Å²) in [5, 5.41) is 18.4. The van der Waals surface area contributed by atoms with Crippen molar-refractivity contribution in [3.63, 3.8) is 0 Å². The molecule has 0 aliphatic carbocycles. The lowest BCUT2D eigenvalue weighted by molar-refractivity contribution is 0.0651. The highest BCUT2D eigenvalue weighted by Crippen LogP contribution is 2.36. The maximum absolute atomic E-state index is 11.2. The van der Waals surface area contributed by atoms with Gasteiger partial charge in [0.05, 0.1) is 16.1 Å². The average Bonchev–Trinajstić information content (AvgIpc) is 2.38. The van der Waals surface area contributed by atoms with Crippen LogP contribution in [0, 0.1) is 0 Å². The van der Waals surface area contributed by atoms with Gasteiger partial charge >= 0.3 is 11.9 Å². The Kier molecular flexibility index (Phi) is 3.97. The van der Waals surface area contributed by atoms with Crippen LogP contribution in [0.5, 0.6) is 0 Å². The van der Waals surface area contributed by atoms with Crippen molar-refractivity contribution < 1.29 is 19.8 Å². The molecule has 102 valence electrons. The third kappa shape index (κ3) is 2.48. The second-order valence-electron chi connectivity index (χ2n) is 3.94. The maximum Gasteiger partial charge on any atom is 0.338 e. The number of halogens is 2. The third-order valence-corrected chi connectivity index (χ3v) is 3.47. The lowest BCUT2D eigenvalue weighted by Crippen LogP contribution is -2.09. The van der Waals surface area contributed by atoms with Crippen molar-refractivity contribution in [3.05, 3.63) is 57.6 Å². The number of aromatic carboxylic acids is 2. The Morgan fingerprint density at radius 1 is 0.850 bits per heavy atom. The maximum atomic E-state index is 11.2. The van der Waals surface area contributed by atoms with Crippen LogP contribution in [-0.4, -0.2) is 22.2 Å². The standard InChI is InChI=1S/C14H8Cl2O4/c15-10-4-2-1-3-7(10)8-5-6-9(13(17)18)11(12(8)16)14(19)20/h1-6H,(H,17,18)(H,19,20). The molecular weight excluding hydrogens is 303 g/mol. The summed E-state index contributed by atoms with van der Waals surface area (Å²) < 4.78 is 0. The van der Waals surface area contributed by atoms with E-state index in [0.29, 0.717) is 16.1 Å². The minimum atomic E-state index is -1.40. The Balaban J connectivity index is 2.76. The first-order chi connectivity index (χ1) is 9.43. The lowest BCUT2D eigenvalue weighted by Gasteiger charge is -2.11. The van der Waals surface area contributed by atoms with E-state index in [1.807, 2.05) is 0 Å². The molecule has 2 aromatic rings. The van der Waals surface area contributed by atoms with Crippen molar-refractivity contribution in [1.29, 1.82) is 0 Å². The highest BCUT2D eigenvalue weighted by atomic mass is 35.5. The number of carboxylic acids is 2. The summed E-state index contributed by atoms with van der Waals surface area (Å²) in [6.45, 7) is 0. The van der Waals surface area contributed by atoms with Gasteiger partial charge in [-0.25, -0.2) is 9.59 Å². The first-order valence-corrected chi connectivity index (χ1v) is 6.23. The molecule has 0 heterocycles. The predicted molar refractivity (Wildman–Crippen MR) is 75.8 cm³/mol. The Morgan fingerprint density at radius 3 is 2.05 bits per heavy atom. The van der Waals surface area contributed by atoms with E-state index in [2.05, 4.69) is 0 Å². The van der Waals surface area contributed by atoms with E-state index in [4.69, 9.17) is 33.4 Å². The molecule has 0 aliphatic rings. The van der Waals surface area contributed by atoms with Gasteiger partial charge < -0.3 is 10.2 Å². The van der Waals surface area contributed by atoms with Gasteiger partial charge in [-0.3, -0.25) is 0 Å². The van der Waals surface area contributed by atoms with Gasteiger partial charge in [0.1, 0.15) is 0 Å². The van der Waals surface area contributed by atoms with Gasteiger partial charge in [-0.15, -0.1) is 0 Å². The minimum Gasteiger partial charge on any atom is -0.478 e. The SMILES string of the molecule is O=C(O)c1ccc(-c2ccccc2Cl)c(Cl)c1C(=O)O. The second-order valence-corrected chi connectivity index (χ2v) is 4.72. The molecule has 0 spiro atoms. The fourth-order valence-electron chi connectivity index (χ4n) is 1.85. The summed E-state index contributed by atoms with van der Waals surface area (Å²) in [6, 6.07) is 9.41. The zero-order chi connectivity index (χ0) is 14.9. The van der Waals surface area contributed by atoms with Gasteiger partial charge in [-0.05, 0) is 12.1 Å². The van der Waals surface area contributed by atoms with E-state index in [1.54, 1.807) is 24.3 Å². The van der Waals surface area contributed by atoms with Gasteiger partial charge in [0.2, 0.25) is 0 Å². The first kappa shape index (κ1) is 14.4. The molecule has 0 aromatic heterocycles.